The van der Waals surface area contributed by atoms with Gasteiger partial charge in [0.15, 0.2) is 0 Å². The molecule has 0 radical (unpaired) electrons. The maximum absolute atomic E-state index is 12.3. The highest BCUT2D eigenvalue weighted by atomic mass is 16.5. The number of nitrogens with two attached hydrogens (primary N) is 1. The molecule has 2 amide bonds. The van der Waals surface area contributed by atoms with E-state index in [4.69, 9.17) is 15.7 Å². The fraction of sp³-hybridized carbons (Fsp3) is 0.0952. The number of carbonyl (C=O) groups is 2. The van der Waals surface area contributed by atoms with Crippen molar-refractivity contribution in [2.45, 2.75) is 6.42 Å². The molecule has 0 atom stereocenters. The second kappa shape index (κ2) is 9.34. The largest absolute Gasteiger partial charge is 0.439 e. The fourth-order valence-corrected chi connectivity index (χ4v) is 2.55. The predicted octanol–water partition coefficient (Wildman–Crippen LogP) is 2.55. The average Bonchev–Trinajstić information content (AvgIpc) is 2.75. The Bertz CT molecular complexity index is 988. The molecule has 148 valence electrons. The van der Waals surface area contributed by atoms with Crippen molar-refractivity contribution >= 4 is 17.5 Å². The number of aromatic nitrogens is 1. The number of hydrogen-bond donors (Lipinski definition) is 4. The number of anilines is 1. The molecule has 0 saturated carbocycles. The highest BCUT2D eigenvalue weighted by Crippen LogP contribution is 2.20. The average molecular weight is 392 g/mol. The fourth-order valence-electron chi connectivity index (χ4n) is 2.55. The molecule has 0 aliphatic carbocycles. The molecule has 0 saturated heterocycles. The van der Waals surface area contributed by atoms with Gasteiger partial charge in [-0.15, -0.1) is 0 Å². The number of pyridine rings is 1. The zero-order valence-electron chi connectivity index (χ0n) is 15.5. The summed E-state index contributed by atoms with van der Waals surface area (Å²) in [5.74, 6) is -0.0104. The van der Waals surface area contributed by atoms with Gasteiger partial charge in [0.2, 0.25) is 5.88 Å². The number of amides is 2. The molecule has 1 heterocycles. The van der Waals surface area contributed by atoms with E-state index < -0.39 is 5.91 Å². The Morgan fingerprint density at radius 3 is 2.38 bits per heavy atom. The zero-order valence-corrected chi connectivity index (χ0v) is 15.5. The summed E-state index contributed by atoms with van der Waals surface area (Å²) < 4.78 is 5.64. The summed E-state index contributed by atoms with van der Waals surface area (Å²) in [4.78, 5) is 27.9. The van der Waals surface area contributed by atoms with Gasteiger partial charge in [-0.25, -0.2) is 10.5 Å². The molecule has 3 aromatic rings. The van der Waals surface area contributed by atoms with Crippen LogP contribution in [0.25, 0.3) is 0 Å². The minimum Gasteiger partial charge on any atom is -0.439 e. The van der Waals surface area contributed by atoms with Crippen LogP contribution in [0, 0.1) is 0 Å². The van der Waals surface area contributed by atoms with Gasteiger partial charge >= 0.3 is 0 Å². The maximum atomic E-state index is 12.3. The van der Waals surface area contributed by atoms with Crippen molar-refractivity contribution in [3.05, 3.63) is 83.6 Å². The minimum atomic E-state index is -0.572. The lowest BCUT2D eigenvalue weighted by Gasteiger charge is -2.08. The van der Waals surface area contributed by atoms with Crippen molar-refractivity contribution in [3.8, 4) is 11.6 Å². The SMILES string of the molecule is Nc1ccc(Oc2cccc(C(=O)NCCc3ccc(C(=O)NO)cc3)n2)cc1. The lowest BCUT2D eigenvalue weighted by Crippen LogP contribution is -2.26. The van der Waals surface area contributed by atoms with Gasteiger partial charge in [0.25, 0.3) is 11.8 Å². The first-order chi connectivity index (χ1) is 14.0. The van der Waals surface area contributed by atoms with E-state index in [-0.39, 0.29) is 11.6 Å². The van der Waals surface area contributed by atoms with E-state index in [1.807, 2.05) is 0 Å². The summed E-state index contributed by atoms with van der Waals surface area (Å²) in [6.45, 7) is 0.398. The number of hydrogen-bond acceptors (Lipinski definition) is 6. The molecule has 0 aliphatic rings. The molecule has 3 rings (SSSR count). The molecular formula is C21H20N4O4. The van der Waals surface area contributed by atoms with Gasteiger partial charge < -0.3 is 15.8 Å². The molecule has 8 heteroatoms. The molecular weight excluding hydrogens is 372 g/mol. The summed E-state index contributed by atoms with van der Waals surface area (Å²) in [5.41, 5.74) is 9.39. The van der Waals surface area contributed by atoms with Crippen LogP contribution >= 0.6 is 0 Å². The third kappa shape index (κ3) is 5.53. The molecule has 5 N–H and O–H groups in total. The van der Waals surface area contributed by atoms with Crippen molar-refractivity contribution in [1.82, 2.24) is 15.8 Å². The Balaban J connectivity index is 1.54. The van der Waals surface area contributed by atoms with Crippen molar-refractivity contribution in [1.29, 1.82) is 0 Å². The number of hydroxylamine groups is 1. The Morgan fingerprint density at radius 1 is 0.966 bits per heavy atom. The highest BCUT2D eigenvalue weighted by molar-refractivity contribution is 5.93. The lowest BCUT2D eigenvalue weighted by atomic mass is 10.1. The Morgan fingerprint density at radius 2 is 1.69 bits per heavy atom. The molecule has 0 aliphatic heterocycles. The molecule has 8 nitrogen and oxygen atoms in total. The number of benzene rings is 2. The normalized spacial score (nSPS) is 10.2. The van der Waals surface area contributed by atoms with Crippen LogP contribution in [0.4, 0.5) is 5.69 Å². The van der Waals surface area contributed by atoms with Crippen LogP contribution in [0.15, 0.2) is 66.7 Å². The quantitative estimate of drug-likeness (QED) is 0.278. The number of carbonyl (C=O) groups excluding carboxylic acids is 2. The second-order valence-electron chi connectivity index (χ2n) is 6.18. The number of nitrogen functional groups attached to an aromatic ring is 1. The summed E-state index contributed by atoms with van der Waals surface area (Å²) in [7, 11) is 0. The molecule has 0 bridgehead atoms. The summed E-state index contributed by atoms with van der Waals surface area (Å²) in [5, 5.41) is 11.4. The molecule has 0 unspecified atom stereocenters. The van der Waals surface area contributed by atoms with Gasteiger partial charge in [-0.3, -0.25) is 14.8 Å². The Hall–Kier alpha value is -3.91. The summed E-state index contributed by atoms with van der Waals surface area (Å²) in [6, 6.07) is 18.6. The van der Waals surface area contributed by atoms with Gasteiger partial charge in [0, 0.05) is 23.9 Å². The molecule has 29 heavy (non-hydrogen) atoms. The molecule has 0 fully saturated rings. The van der Waals surface area contributed by atoms with Crippen molar-refractivity contribution in [2.75, 3.05) is 12.3 Å². The Labute approximate surface area is 167 Å². The van der Waals surface area contributed by atoms with E-state index in [1.165, 1.54) is 0 Å². The first kappa shape index (κ1) is 19.8. The Kier molecular flexibility index (Phi) is 6.39. The topological polar surface area (TPSA) is 127 Å². The van der Waals surface area contributed by atoms with E-state index in [0.717, 1.165) is 5.56 Å². The first-order valence-electron chi connectivity index (χ1n) is 8.87. The minimum absolute atomic E-state index is 0.243. The number of nitrogens with one attached hydrogen (secondary N) is 2. The lowest BCUT2D eigenvalue weighted by molar-refractivity contribution is 0.0706. The van der Waals surface area contributed by atoms with Gasteiger partial charge in [-0.2, -0.15) is 0 Å². The van der Waals surface area contributed by atoms with Crippen molar-refractivity contribution in [3.63, 3.8) is 0 Å². The third-order valence-electron chi connectivity index (χ3n) is 4.08. The van der Waals surface area contributed by atoms with Gasteiger partial charge in [-0.05, 0) is 54.4 Å². The van der Waals surface area contributed by atoms with E-state index >= 15 is 0 Å². The van der Waals surface area contributed by atoms with E-state index in [9.17, 15) is 9.59 Å². The summed E-state index contributed by atoms with van der Waals surface area (Å²) in [6.07, 6.45) is 0.578. The standard InChI is InChI=1S/C21H20N4O4/c22-16-8-10-17(11-9-16)29-19-3-1-2-18(24-19)21(27)23-13-12-14-4-6-15(7-5-14)20(26)25-28/h1-11,28H,12-13,22H2,(H,23,27)(H,25,26). The van der Waals surface area contributed by atoms with Crippen LogP contribution in [-0.2, 0) is 6.42 Å². The van der Waals surface area contributed by atoms with Crippen LogP contribution in [0.5, 0.6) is 11.6 Å². The maximum Gasteiger partial charge on any atom is 0.274 e. The number of ether oxygens (including phenoxy) is 1. The van der Waals surface area contributed by atoms with Crippen LogP contribution in [-0.4, -0.2) is 28.6 Å². The van der Waals surface area contributed by atoms with Crippen LogP contribution < -0.4 is 21.3 Å². The van der Waals surface area contributed by atoms with Gasteiger partial charge in [-0.1, -0.05) is 18.2 Å². The first-order valence-corrected chi connectivity index (χ1v) is 8.87. The smallest absolute Gasteiger partial charge is 0.274 e. The van der Waals surface area contributed by atoms with Crippen LogP contribution in [0.1, 0.15) is 26.4 Å². The van der Waals surface area contributed by atoms with Gasteiger partial charge in [0.05, 0.1) is 0 Å². The van der Waals surface area contributed by atoms with Crippen LogP contribution in [0.2, 0.25) is 0 Å². The van der Waals surface area contributed by atoms with E-state index in [1.54, 1.807) is 72.2 Å². The summed E-state index contributed by atoms with van der Waals surface area (Å²) >= 11 is 0. The highest BCUT2D eigenvalue weighted by Gasteiger charge is 2.09. The van der Waals surface area contributed by atoms with Gasteiger partial charge in [0.1, 0.15) is 11.4 Å². The number of rotatable bonds is 7. The second-order valence-corrected chi connectivity index (χ2v) is 6.18. The number of nitrogens with zero attached hydrogens (tertiary/aromatic N) is 1. The van der Waals surface area contributed by atoms with Crippen molar-refractivity contribution < 1.29 is 19.5 Å². The van der Waals surface area contributed by atoms with Crippen LogP contribution in [0.3, 0.4) is 0 Å². The van der Waals surface area contributed by atoms with E-state index in [0.29, 0.717) is 35.8 Å². The van der Waals surface area contributed by atoms with Crippen molar-refractivity contribution in [2.24, 2.45) is 0 Å². The third-order valence-corrected chi connectivity index (χ3v) is 4.08. The predicted molar refractivity (Wildman–Crippen MR) is 107 cm³/mol. The molecule has 1 aromatic heterocycles. The molecule has 2 aromatic carbocycles. The van der Waals surface area contributed by atoms with E-state index in [2.05, 4.69) is 10.3 Å². The monoisotopic (exact) mass is 392 g/mol. The molecule has 0 spiro atoms. The zero-order chi connectivity index (χ0) is 20.6.